The highest BCUT2D eigenvalue weighted by molar-refractivity contribution is 5.89. The van der Waals surface area contributed by atoms with E-state index in [0.717, 1.165) is 6.42 Å². The van der Waals surface area contributed by atoms with E-state index < -0.39 is 24.5 Å². The standard InChI is InChI=1S/C15H18F2O5/c1-4-14(2,3)22-11-7-5-10(6-8-11)12(18)21-9-15(16,17)13(19)20/h5-8H,4,9H2,1-3H3,(H,19,20)/p-1. The molecular formula is C15H17F2O5-. The van der Waals surface area contributed by atoms with Crippen LogP contribution in [0.1, 0.15) is 37.6 Å². The van der Waals surface area contributed by atoms with Gasteiger partial charge in [0, 0.05) is 0 Å². The molecule has 0 aliphatic heterocycles. The monoisotopic (exact) mass is 315 g/mol. The van der Waals surface area contributed by atoms with E-state index in [4.69, 9.17) is 4.74 Å². The fourth-order valence-corrected chi connectivity index (χ4v) is 1.35. The van der Waals surface area contributed by atoms with Gasteiger partial charge in [-0.25, -0.2) is 4.79 Å². The van der Waals surface area contributed by atoms with E-state index in [0.29, 0.717) is 5.75 Å². The minimum atomic E-state index is -4.22. The van der Waals surface area contributed by atoms with E-state index in [2.05, 4.69) is 4.74 Å². The van der Waals surface area contributed by atoms with Crippen LogP contribution >= 0.6 is 0 Å². The highest BCUT2D eigenvalue weighted by atomic mass is 19.3. The van der Waals surface area contributed by atoms with Crippen LogP contribution in [0.5, 0.6) is 5.75 Å². The first-order valence-corrected chi connectivity index (χ1v) is 6.63. The molecule has 0 saturated carbocycles. The van der Waals surface area contributed by atoms with Gasteiger partial charge in [-0.2, -0.15) is 8.78 Å². The van der Waals surface area contributed by atoms with Crippen LogP contribution in [0.2, 0.25) is 0 Å². The second-order valence-corrected chi connectivity index (χ2v) is 5.31. The molecular weight excluding hydrogens is 298 g/mol. The number of carbonyl (C=O) groups excluding carboxylic acids is 2. The highest BCUT2D eigenvalue weighted by Gasteiger charge is 2.33. The molecule has 5 nitrogen and oxygen atoms in total. The first-order chi connectivity index (χ1) is 10.1. The Labute approximate surface area is 126 Å². The Morgan fingerprint density at radius 3 is 2.18 bits per heavy atom. The lowest BCUT2D eigenvalue weighted by Crippen LogP contribution is -2.45. The largest absolute Gasteiger partial charge is 0.544 e. The van der Waals surface area contributed by atoms with Gasteiger partial charge in [0.1, 0.15) is 17.3 Å². The summed E-state index contributed by atoms with van der Waals surface area (Å²) in [5.41, 5.74) is -0.366. The zero-order chi connectivity index (χ0) is 17.0. The van der Waals surface area contributed by atoms with Gasteiger partial charge in [0.15, 0.2) is 6.61 Å². The summed E-state index contributed by atoms with van der Waals surface area (Å²) < 4.78 is 35.4. The van der Waals surface area contributed by atoms with Gasteiger partial charge >= 0.3 is 11.9 Å². The van der Waals surface area contributed by atoms with Gasteiger partial charge in [0.05, 0.1) is 5.56 Å². The Balaban J connectivity index is 2.67. The molecule has 0 radical (unpaired) electrons. The molecule has 22 heavy (non-hydrogen) atoms. The van der Waals surface area contributed by atoms with Gasteiger partial charge in [-0.15, -0.1) is 0 Å². The molecule has 0 N–H and O–H groups in total. The topological polar surface area (TPSA) is 75.7 Å². The van der Waals surface area contributed by atoms with Crippen molar-refractivity contribution in [2.45, 2.75) is 38.7 Å². The molecule has 0 spiro atoms. The molecule has 1 aromatic rings. The predicted molar refractivity (Wildman–Crippen MR) is 71.7 cm³/mol. The van der Waals surface area contributed by atoms with E-state index >= 15 is 0 Å². The van der Waals surface area contributed by atoms with Crippen LogP contribution < -0.4 is 9.84 Å². The quantitative estimate of drug-likeness (QED) is 0.717. The zero-order valence-electron chi connectivity index (χ0n) is 12.5. The van der Waals surface area contributed by atoms with Crippen molar-refractivity contribution in [2.75, 3.05) is 6.61 Å². The third-order valence-electron chi connectivity index (χ3n) is 3.02. The number of carbonyl (C=O) groups is 2. The minimum absolute atomic E-state index is 0.0100. The number of benzene rings is 1. The first kappa shape index (κ1) is 17.9. The zero-order valence-corrected chi connectivity index (χ0v) is 12.5. The van der Waals surface area contributed by atoms with Gasteiger partial charge in [0.25, 0.3) is 0 Å². The van der Waals surface area contributed by atoms with Crippen LogP contribution in [0.25, 0.3) is 0 Å². The van der Waals surface area contributed by atoms with E-state index in [1.54, 1.807) is 0 Å². The number of carboxylic acids is 1. The molecule has 0 bridgehead atoms. The Hall–Kier alpha value is -2.18. The number of alkyl halides is 2. The van der Waals surface area contributed by atoms with E-state index in [1.807, 2.05) is 20.8 Å². The molecule has 7 heteroatoms. The van der Waals surface area contributed by atoms with E-state index in [1.165, 1.54) is 24.3 Å². The van der Waals surface area contributed by atoms with Gasteiger partial charge in [-0.3, -0.25) is 0 Å². The lowest BCUT2D eigenvalue weighted by Gasteiger charge is -2.24. The van der Waals surface area contributed by atoms with Crippen LogP contribution in [-0.2, 0) is 9.53 Å². The molecule has 0 amide bonds. The second kappa shape index (κ2) is 6.72. The number of carboxylic acid groups (broad SMARTS) is 1. The summed E-state index contributed by atoms with van der Waals surface area (Å²) >= 11 is 0. The number of ether oxygens (including phenoxy) is 2. The van der Waals surface area contributed by atoms with Crippen LogP contribution in [0, 0.1) is 0 Å². The van der Waals surface area contributed by atoms with E-state index in [-0.39, 0.29) is 11.2 Å². The molecule has 0 aliphatic rings. The summed E-state index contributed by atoms with van der Waals surface area (Å²) in [6, 6.07) is 5.71. The second-order valence-electron chi connectivity index (χ2n) is 5.31. The van der Waals surface area contributed by atoms with Crippen LogP contribution in [0.15, 0.2) is 24.3 Å². The minimum Gasteiger partial charge on any atom is -0.544 e. The summed E-state index contributed by atoms with van der Waals surface area (Å²) in [7, 11) is 0. The molecule has 0 unspecified atom stereocenters. The van der Waals surface area contributed by atoms with Crippen molar-refractivity contribution < 1.29 is 33.0 Å². The summed E-state index contributed by atoms with van der Waals surface area (Å²) in [6.07, 6.45) is 0.773. The van der Waals surface area contributed by atoms with Gasteiger partial charge < -0.3 is 19.4 Å². The number of rotatable bonds is 7. The van der Waals surface area contributed by atoms with Crippen molar-refractivity contribution in [3.63, 3.8) is 0 Å². The molecule has 0 aliphatic carbocycles. The smallest absolute Gasteiger partial charge is 0.338 e. The summed E-state index contributed by atoms with van der Waals surface area (Å²) in [5.74, 6) is -7.35. The molecule has 1 aromatic carbocycles. The van der Waals surface area contributed by atoms with Crippen LogP contribution in [0.4, 0.5) is 8.78 Å². The van der Waals surface area contributed by atoms with Crippen molar-refractivity contribution in [1.82, 2.24) is 0 Å². The van der Waals surface area contributed by atoms with E-state index in [9.17, 15) is 23.5 Å². The van der Waals surface area contributed by atoms with Crippen LogP contribution in [0.3, 0.4) is 0 Å². The summed E-state index contributed by atoms with van der Waals surface area (Å²) in [5, 5.41) is 10.1. The number of esters is 1. The summed E-state index contributed by atoms with van der Waals surface area (Å²) in [4.78, 5) is 21.7. The maximum Gasteiger partial charge on any atom is 0.338 e. The molecule has 0 aromatic heterocycles. The Morgan fingerprint density at radius 1 is 1.18 bits per heavy atom. The molecule has 1 rings (SSSR count). The SMILES string of the molecule is CCC(C)(C)Oc1ccc(C(=O)OCC(F)(F)C(=O)[O-])cc1. The fraction of sp³-hybridized carbons (Fsp3) is 0.467. The Morgan fingerprint density at radius 2 is 1.73 bits per heavy atom. The average molecular weight is 315 g/mol. The Kier molecular flexibility index (Phi) is 5.46. The third-order valence-corrected chi connectivity index (χ3v) is 3.02. The molecule has 0 saturated heterocycles. The fourth-order valence-electron chi connectivity index (χ4n) is 1.35. The maximum atomic E-state index is 12.8. The number of halogens is 2. The maximum absolute atomic E-state index is 12.8. The Bertz CT molecular complexity index is 537. The van der Waals surface area contributed by atoms with Crippen molar-refractivity contribution >= 4 is 11.9 Å². The van der Waals surface area contributed by atoms with Crippen LogP contribution in [-0.4, -0.2) is 30.1 Å². The number of hydrogen-bond acceptors (Lipinski definition) is 5. The first-order valence-electron chi connectivity index (χ1n) is 6.63. The van der Waals surface area contributed by atoms with Gasteiger partial charge in [-0.05, 0) is 44.5 Å². The van der Waals surface area contributed by atoms with Crippen molar-refractivity contribution in [2.24, 2.45) is 0 Å². The third kappa shape index (κ3) is 4.98. The van der Waals surface area contributed by atoms with Gasteiger partial charge in [-0.1, -0.05) is 6.92 Å². The van der Waals surface area contributed by atoms with Crippen molar-refractivity contribution in [3.05, 3.63) is 29.8 Å². The normalized spacial score (nSPS) is 11.9. The molecule has 0 fully saturated rings. The number of hydrogen-bond donors (Lipinski definition) is 0. The summed E-state index contributed by atoms with van der Waals surface area (Å²) in [6.45, 7) is 4.19. The lowest BCUT2D eigenvalue weighted by molar-refractivity contribution is -0.331. The number of aliphatic carboxylic acids is 1. The van der Waals surface area contributed by atoms with Gasteiger partial charge in [0.2, 0.25) is 0 Å². The average Bonchev–Trinajstić information content (AvgIpc) is 2.45. The van der Waals surface area contributed by atoms with Crippen molar-refractivity contribution in [3.8, 4) is 5.75 Å². The predicted octanol–water partition coefficient (Wildman–Crippen LogP) is 1.80. The lowest BCUT2D eigenvalue weighted by atomic mass is 10.1. The molecule has 122 valence electrons. The molecule has 0 heterocycles. The highest BCUT2D eigenvalue weighted by Crippen LogP contribution is 2.21. The molecule has 0 atom stereocenters. The van der Waals surface area contributed by atoms with Crippen molar-refractivity contribution in [1.29, 1.82) is 0 Å².